The number of ether oxygens (including phenoxy) is 1. The minimum atomic E-state index is -0.623. The summed E-state index contributed by atoms with van der Waals surface area (Å²) in [5.74, 6) is 1.19. The fraction of sp³-hybridized carbons (Fsp3) is 0.0714. The molecule has 2 aromatic heterocycles. The van der Waals surface area contributed by atoms with Gasteiger partial charge in [0.05, 0.1) is 12.8 Å². The summed E-state index contributed by atoms with van der Waals surface area (Å²) >= 11 is 0. The molecular formula is C14H13N5O2. The first kappa shape index (κ1) is 12.9. The van der Waals surface area contributed by atoms with Crippen LogP contribution < -0.4 is 15.8 Å². The highest BCUT2D eigenvalue weighted by Gasteiger charge is 2.11. The maximum Gasteiger partial charge on any atom is 0.316 e. The smallest absolute Gasteiger partial charge is 0.316 e. The van der Waals surface area contributed by atoms with E-state index in [1.165, 1.54) is 0 Å². The summed E-state index contributed by atoms with van der Waals surface area (Å²) in [5.41, 5.74) is 7.20. The van der Waals surface area contributed by atoms with E-state index in [1.807, 2.05) is 28.9 Å². The number of anilines is 1. The molecule has 7 nitrogen and oxygen atoms in total. The number of primary amides is 1. The third-order valence-electron chi connectivity index (χ3n) is 2.98. The molecule has 2 heterocycles. The molecule has 2 amide bonds. The van der Waals surface area contributed by atoms with Crippen LogP contribution in [-0.2, 0) is 0 Å². The number of aromatic nitrogens is 3. The van der Waals surface area contributed by atoms with Gasteiger partial charge in [-0.1, -0.05) is 0 Å². The summed E-state index contributed by atoms with van der Waals surface area (Å²) in [6, 6.07) is 6.45. The quantitative estimate of drug-likeness (QED) is 0.767. The van der Waals surface area contributed by atoms with E-state index in [0.717, 1.165) is 11.3 Å². The Balaban J connectivity index is 2.06. The average Bonchev–Trinajstić information content (AvgIpc) is 2.90. The Bertz CT molecular complexity index is 779. The van der Waals surface area contributed by atoms with Crippen molar-refractivity contribution in [2.24, 2.45) is 5.73 Å². The van der Waals surface area contributed by atoms with Crippen LogP contribution in [0, 0.1) is 0 Å². The van der Waals surface area contributed by atoms with Crippen LogP contribution in [0.5, 0.6) is 5.75 Å². The number of urea groups is 1. The summed E-state index contributed by atoms with van der Waals surface area (Å²) < 4.78 is 7.18. The minimum absolute atomic E-state index is 0.560. The number of hydrogen-bond acceptors (Lipinski definition) is 4. The number of fused-ring (bicyclic) bond motifs is 1. The Kier molecular flexibility index (Phi) is 3.15. The molecule has 0 bridgehead atoms. The van der Waals surface area contributed by atoms with Crippen LogP contribution in [0.25, 0.3) is 17.0 Å². The molecule has 3 aromatic rings. The Hall–Kier alpha value is -3.09. The normalized spacial score (nSPS) is 10.5. The van der Waals surface area contributed by atoms with E-state index in [2.05, 4.69) is 15.3 Å². The number of methoxy groups -OCH3 is 1. The zero-order chi connectivity index (χ0) is 14.8. The summed E-state index contributed by atoms with van der Waals surface area (Å²) in [7, 11) is 1.56. The Morgan fingerprint density at radius 2 is 2.29 bits per heavy atom. The van der Waals surface area contributed by atoms with Crippen LogP contribution in [0.15, 0.2) is 42.9 Å². The molecule has 1 aromatic carbocycles. The predicted molar refractivity (Wildman–Crippen MR) is 78.2 cm³/mol. The Labute approximate surface area is 120 Å². The first-order valence-electron chi connectivity index (χ1n) is 6.22. The average molecular weight is 283 g/mol. The van der Waals surface area contributed by atoms with Crippen LogP contribution in [0.3, 0.4) is 0 Å². The Morgan fingerprint density at radius 1 is 1.43 bits per heavy atom. The first-order chi connectivity index (χ1) is 10.2. The fourth-order valence-corrected chi connectivity index (χ4v) is 2.08. The van der Waals surface area contributed by atoms with Crippen LogP contribution in [0.1, 0.15) is 0 Å². The third kappa shape index (κ3) is 2.48. The molecule has 0 fully saturated rings. The molecule has 0 saturated carbocycles. The van der Waals surface area contributed by atoms with E-state index < -0.39 is 6.03 Å². The van der Waals surface area contributed by atoms with Gasteiger partial charge in [0.1, 0.15) is 5.75 Å². The van der Waals surface area contributed by atoms with Gasteiger partial charge < -0.3 is 15.8 Å². The molecule has 0 atom stereocenters. The van der Waals surface area contributed by atoms with Crippen molar-refractivity contribution < 1.29 is 9.53 Å². The van der Waals surface area contributed by atoms with Crippen LogP contribution in [0.4, 0.5) is 10.5 Å². The number of nitrogens with zero attached hydrogens (tertiary/aromatic N) is 3. The van der Waals surface area contributed by atoms with Gasteiger partial charge in [-0.25, -0.2) is 14.8 Å². The molecule has 0 aliphatic rings. The van der Waals surface area contributed by atoms with Crippen molar-refractivity contribution in [1.29, 1.82) is 0 Å². The maximum atomic E-state index is 10.9. The molecule has 0 aliphatic heterocycles. The summed E-state index contributed by atoms with van der Waals surface area (Å²) in [6.45, 7) is 0. The van der Waals surface area contributed by atoms with Crippen molar-refractivity contribution in [2.45, 2.75) is 0 Å². The monoisotopic (exact) mass is 283 g/mol. The molecule has 0 saturated heterocycles. The summed E-state index contributed by atoms with van der Waals surface area (Å²) in [6.07, 6.45) is 5.42. The third-order valence-corrected chi connectivity index (χ3v) is 2.98. The van der Waals surface area contributed by atoms with Crippen molar-refractivity contribution >= 4 is 17.5 Å². The lowest BCUT2D eigenvalue weighted by Gasteiger charge is -2.09. The number of carbonyl (C=O) groups excluding carboxylic acids is 1. The first-order valence-corrected chi connectivity index (χ1v) is 6.22. The van der Waals surface area contributed by atoms with Crippen molar-refractivity contribution in [1.82, 2.24) is 14.4 Å². The van der Waals surface area contributed by atoms with E-state index >= 15 is 0 Å². The standard InChI is InChI=1S/C14H13N5O2/c1-21-12-7-9(17-13(15)20)3-4-10(12)11-8-19-6-2-5-16-14(19)18-11/h2-8H,1H3,(H3,15,17,20). The molecule has 3 rings (SSSR count). The van der Waals surface area contributed by atoms with Gasteiger partial charge in [0.15, 0.2) is 0 Å². The number of nitrogens with two attached hydrogens (primary N) is 1. The van der Waals surface area contributed by atoms with Crippen molar-refractivity contribution in [3.63, 3.8) is 0 Å². The van der Waals surface area contributed by atoms with Gasteiger partial charge >= 0.3 is 6.03 Å². The maximum absolute atomic E-state index is 10.9. The number of benzene rings is 1. The second kappa shape index (κ2) is 5.12. The topological polar surface area (TPSA) is 94.5 Å². The molecule has 3 N–H and O–H groups in total. The molecule has 21 heavy (non-hydrogen) atoms. The lowest BCUT2D eigenvalue weighted by Crippen LogP contribution is -2.19. The van der Waals surface area contributed by atoms with E-state index in [9.17, 15) is 4.79 Å². The molecule has 7 heteroatoms. The Morgan fingerprint density at radius 3 is 3.00 bits per heavy atom. The lowest BCUT2D eigenvalue weighted by atomic mass is 10.1. The highest BCUT2D eigenvalue weighted by atomic mass is 16.5. The van der Waals surface area contributed by atoms with E-state index in [4.69, 9.17) is 10.5 Å². The predicted octanol–water partition coefficient (Wildman–Crippen LogP) is 1.90. The van der Waals surface area contributed by atoms with Gasteiger partial charge in [0.25, 0.3) is 0 Å². The number of carbonyl (C=O) groups is 1. The number of amides is 2. The second-order valence-corrected chi connectivity index (χ2v) is 4.36. The van der Waals surface area contributed by atoms with Gasteiger partial charge in [-0.05, 0) is 18.2 Å². The molecule has 0 unspecified atom stereocenters. The van der Waals surface area contributed by atoms with Crippen molar-refractivity contribution in [3.8, 4) is 17.0 Å². The van der Waals surface area contributed by atoms with Gasteiger partial charge in [-0.15, -0.1) is 0 Å². The number of rotatable bonds is 3. The number of nitrogens with one attached hydrogen (secondary N) is 1. The van der Waals surface area contributed by atoms with Gasteiger partial charge in [-0.3, -0.25) is 4.40 Å². The number of imidazole rings is 1. The highest BCUT2D eigenvalue weighted by Crippen LogP contribution is 2.31. The molecule has 106 valence electrons. The fourth-order valence-electron chi connectivity index (χ4n) is 2.08. The van der Waals surface area contributed by atoms with Crippen LogP contribution in [0.2, 0.25) is 0 Å². The van der Waals surface area contributed by atoms with E-state index in [1.54, 1.807) is 25.4 Å². The highest BCUT2D eigenvalue weighted by molar-refractivity contribution is 5.88. The van der Waals surface area contributed by atoms with Crippen LogP contribution in [-0.4, -0.2) is 27.5 Å². The molecule has 0 spiro atoms. The largest absolute Gasteiger partial charge is 0.496 e. The minimum Gasteiger partial charge on any atom is -0.496 e. The van der Waals surface area contributed by atoms with Gasteiger partial charge in [-0.2, -0.15) is 0 Å². The van der Waals surface area contributed by atoms with Crippen molar-refractivity contribution in [3.05, 3.63) is 42.9 Å². The second-order valence-electron chi connectivity index (χ2n) is 4.36. The van der Waals surface area contributed by atoms with E-state index in [0.29, 0.717) is 17.2 Å². The van der Waals surface area contributed by atoms with Gasteiger partial charge in [0, 0.05) is 35.9 Å². The number of hydrogen-bond donors (Lipinski definition) is 2. The van der Waals surface area contributed by atoms with Crippen LogP contribution >= 0.6 is 0 Å². The van der Waals surface area contributed by atoms with E-state index in [-0.39, 0.29) is 0 Å². The molecule has 0 aliphatic carbocycles. The lowest BCUT2D eigenvalue weighted by molar-refractivity contribution is 0.259. The van der Waals surface area contributed by atoms with Gasteiger partial charge in [0.2, 0.25) is 5.78 Å². The zero-order valence-electron chi connectivity index (χ0n) is 11.3. The summed E-state index contributed by atoms with van der Waals surface area (Å²) in [5, 5.41) is 2.51. The summed E-state index contributed by atoms with van der Waals surface area (Å²) in [4.78, 5) is 19.5. The molecular weight excluding hydrogens is 270 g/mol. The SMILES string of the molecule is COc1cc(NC(N)=O)ccc1-c1cn2cccnc2n1. The zero-order valence-corrected chi connectivity index (χ0v) is 11.3. The molecule has 0 radical (unpaired) electrons. The van der Waals surface area contributed by atoms with Crippen molar-refractivity contribution in [2.75, 3.05) is 12.4 Å².